The molecule has 152 valence electrons. The number of nitrogens with one attached hydrogen (secondary N) is 1. The summed E-state index contributed by atoms with van der Waals surface area (Å²) in [4.78, 5) is 28.9. The number of likely N-dealkylation sites (tertiary alicyclic amines) is 1. The molecule has 3 aromatic rings. The number of anilines is 1. The fourth-order valence-electron chi connectivity index (χ4n) is 2.96. The molecule has 0 spiro atoms. The van der Waals surface area contributed by atoms with Crippen LogP contribution in [0.2, 0.25) is 0 Å². The topological polar surface area (TPSA) is 124 Å². The summed E-state index contributed by atoms with van der Waals surface area (Å²) in [6, 6.07) is 14.5. The average molecular weight is 404 g/mol. The normalized spacial score (nSPS) is 14.8. The Bertz CT molecular complexity index is 1120. The number of carboxylic acid groups (broad SMARTS) is 1. The highest BCUT2D eigenvalue weighted by Crippen LogP contribution is 2.23. The van der Waals surface area contributed by atoms with Gasteiger partial charge in [0.1, 0.15) is 0 Å². The van der Waals surface area contributed by atoms with Gasteiger partial charge in [0.2, 0.25) is 0 Å². The zero-order valence-electron chi connectivity index (χ0n) is 16.2. The second kappa shape index (κ2) is 8.21. The molecule has 0 atom stereocenters. The largest absolute Gasteiger partial charge is 0.465 e. The molecule has 5 rings (SSSR count). The van der Waals surface area contributed by atoms with Gasteiger partial charge in [-0.25, -0.2) is 9.31 Å². The third-order valence-electron chi connectivity index (χ3n) is 4.71. The number of aromatic nitrogens is 3. The minimum Gasteiger partial charge on any atom is -0.465 e. The lowest BCUT2D eigenvalue weighted by atomic mass is 10.00. The van der Waals surface area contributed by atoms with E-state index in [4.69, 9.17) is 10.4 Å². The molecule has 0 bridgehead atoms. The van der Waals surface area contributed by atoms with Crippen LogP contribution in [-0.2, 0) is 0 Å². The summed E-state index contributed by atoms with van der Waals surface area (Å²) in [7, 11) is 0. The minimum absolute atomic E-state index is 0.00780. The van der Waals surface area contributed by atoms with Crippen LogP contribution < -0.4 is 5.32 Å². The molecule has 0 radical (unpaired) electrons. The molecule has 2 fully saturated rings. The van der Waals surface area contributed by atoms with E-state index in [9.17, 15) is 9.59 Å². The number of carbonyl (C=O) groups is 2. The summed E-state index contributed by atoms with van der Waals surface area (Å²) in [6.45, 7) is 0.934. The van der Waals surface area contributed by atoms with E-state index in [1.807, 2.05) is 6.07 Å². The van der Waals surface area contributed by atoms with Crippen molar-refractivity contribution in [3.05, 3.63) is 48.0 Å². The maximum Gasteiger partial charge on any atom is 0.411 e. The molecule has 1 saturated carbocycles. The molecule has 1 aliphatic heterocycles. The number of hydrogen-bond acceptors (Lipinski definition) is 5. The highest BCUT2D eigenvalue weighted by Gasteiger charge is 2.30. The average Bonchev–Trinajstić information content (AvgIpc) is 3.53. The zero-order chi connectivity index (χ0) is 21.1. The molecule has 2 aliphatic rings. The maximum absolute atomic E-state index is 12.4. The van der Waals surface area contributed by atoms with E-state index in [-0.39, 0.29) is 17.8 Å². The predicted molar refractivity (Wildman–Crippen MR) is 109 cm³/mol. The maximum atomic E-state index is 12.4. The van der Waals surface area contributed by atoms with E-state index in [2.05, 4.69) is 21.5 Å². The SMILES string of the molecule is C1CC1.N#CC1CN(C(=O)c2ccc(-c3cccc4nc(NC(=O)O)nn34)cc2)C1. The highest BCUT2D eigenvalue weighted by molar-refractivity contribution is 5.95. The van der Waals surface area contributed by atoms with Crippen LogP contribution in [0.4, 0.5) is 10.7 Å². The van der Waals surface area contributed by atoms with Gasteiger partial charge in [0, 0.05) is 24.2 Å². The number of amides is 2. The van der Waals surface area contributed by atoms with Gasteiger partial charge in [-0.1, -0.05) is 37.5 Å². The lowest BCUT2D eigenvalue weighted by molar-refractivity contribution is 0.0577. The number of hydrogen-bond donors (Lipinski definition) is 2. The lowest BCUT2D eigenvalue weighted by Gasteiger charge is -2.35. The number of nitrogens with zero attached hydrogens (tertiary/aromatic N) is 5. The van der Waals surface area contributed by atoms with Gasteiger partial charge >= 0.3 is 6.09 Å². The molecule has 9 nitrogen and oxygen atoms in total. The Morgan fingerprint density at radius 2 is 1.80 bits per heavy atom. The van der Waals surface area contributed by atoms with E-state index >= 15 is 0 Å². The van der Waals surface area contributed by atoms with Crippen molar-refractivity contribution in [3.63, 3.8) is 0 Å². The second-order valence-corrected chi connectivity index (χ2v) is 7.22. The summed E-state index contributed by atoms with van der Waals surface area (Å²) in [6.07, 6.45) is 3.26. The van der Waals surface area contributed by atoms with E-state index < -0.39 is 6.09 Å². The van der Waals surface area contributed by atoms with Crippen LogP contribution in [0.1, 0.15) is 29.6 Å². The molecule has 0 unspecified atom stereocenters. The number of rotatable bonds is 3. The molecule has 1 aliphatic carbocycles. The standard InChI is InChI=1S/C18H14N6O3.C3H6/c19-8-11-9-23(10-11)16(25)13-6-4-12(5-7-13)14-2-1-3-15-20-17(21-18(26)27)22-24(14)15;1-2-3-1/h1-7,11H,9-10H2,(H,21,22)(H,26,27);1-3H2. The molecule has 9 heteroatoms. The Hall–Kier alpha value is -3.93. The highest BCUT2D eigenvalue weighted by atomic mass is 16.4. The number of pyridine rings is 1. The predicted octanol–water partition coefficient (Wildman–Crippen LogP) is 3.25. The first-order valence-electron chi connectivity index (χ1n) is 9.70. The number of nitriles is 1. The van der Waals surface area contributed by atoms with Crippen LogP contribution >= 0.6 is 0 Å². The number of carbonyl (C=O) groups excluding carboxylic acids is 1. The van der Waals surface area contributed by atoms with Gasteiger partial charge in [-0.15, -0.1) is 5.10 Å². The molecule has 3 heterocycles. The van der Waals surface area contributed by atoms with Crippen LogP contribution in [0, 0.1) is 17.2 Å². The van der Waals surface area contributed by atoms with Gasteiger partial charge in [-0.05, 0) is 24.3 Å². The van der Waals surface area contributed by atoms with Crippen molar-refractivity contribution in [3.8, 4) is 17.3 Å². The smallest absolute Gasteiger partial charge is 0.411 e. The van der Waals surface area contributed by atoms with E-state index in [1.165, 1.54) is 23.8 Å². The van der Waals surface area contributed by atoms with Crippen molar-refractivity contribution < 1.29 is 14.7 Å². The molecular weight excluding hydrogens is 384 g/mol. The summed E-state index contributed by atoms with van der Waals surface area (Å²) >= 11 is 0. The molecule has 1 aromatic carbocycles. The van der Waals surface area contributed by atoms with Gasteiger partial charge in [-0.3, -0.25) is 10.1 Å². The van der Waals surface area contributed by atoms with Crippen molar-refractivity contribution in [1.29, 1.82) is 5.26 Å². The Kier molecular flexibility index (Phi) is 5.30. The van der Waals surface area contributed by atoms with Crippen LogP contribution in [0.5, 0.6) is 0 Å². The van der Waals surface area contributed by atoms with Gasteiger partial charge < -0.3 is 10.0 Å². The Labute approximate surface area is 172 Å². The molecular formula is C21H20N6O3. The molecule has 2 amide bonds. The summed E-state index contributed by atoms with van der Waals surface area (Å²) in [5.74, 6) is -0.182. The fraction of sp³-hybridized carbons (Fsp3) is 0.286. The van der Waals surface area contributed by atoms with Gasteiger partial charge in [0.15, 0.2) is 5.65 Å². The van der Waals surface area contributed by atoms with E-state index in [0.717, 1.165) is 5.56 Å². The van der Waals surface area contributed by atoms with E-state index in [1.54, 1.807) is 41.3 Å². The minimum atomic E-state index is -1.24. The molecule has 2 aromatic heterocycles. The third kappa shape index (κ3) is 4.22. The van der Waals surface area contributed by atoms with Crippen molar-refractivity contribution in [2.75, 3.05) is 18.4 Å². The van der Waals surface area contributed by atoms with Gasteiger partial charge in [-0.2, -0.15) is 10.2 Å². The fourth-order valence-corrected chi connectivity index (χ4v) is 2.96. The Morgan fingerprint density at radius 3 is 2.40 bits per heavy atom. The van der Waals surface area contributed by atoms with E-state index in [0.29, 0.717) is 30.0 Å². The van der Waals surface area contributed by atoms with Crippen molar-refractivity contribution in [1.82, 2.24) is 19.5 Å². The van der Waals surface area contributed by atoms with Crippen molar-refractivity contribution in [2.24, 2.45) is 5.92 Å². The summed E-state index contributed by atoms with van der Waals surface area (Å²) in [5, 5.41) is 23.9. The first kappa shape index (κ1) is 19.4. The third-order valence-corrected chi connectivity index (χ3v) is 4.71. The number of fused-ring (bicyclic) bond motifs is 1. The van der Waals surface area contributed by atoms with Crippen LogP contribution in [0.3, 0.4) is 0 Å². The first-order valence-corrected chi connectivity index (χ1v) is 9.70. The first-order chi connectivity index (χ1) is 14.5. The molecule has 30 heavy (non-hydrogen) atoms. The summed E-state index contributed by atoms with van der Waals surface area (Å²) in [5.41, 5.74) is 2.57. The molecule has 1 saturated heterocycles. The Morgan fingerprint density at radius 1 is 1.10 bits per heavy atom. The van der Waals surface area contributed by atoms with Gasteiger partial charge in [0.25, 0.3) is 11.9 Å². The molecule has 2 N–H and O–H groups in total. The monoisotopic (exact) mass is 404 g/mol. The van der Waals surface area contributed by atoms with Gasteiger partial charge in [0.05, 0.1) is 17.7 Å². The van der Waals surface area contributed by atoms with Crippen molar-refractivity contribution in [2.45, 2.75) is 19.3 Å². The van der Waals surface area contributed by atoms with Crippen molar-refractivity contribution >= 4 is 23.6 Å². The van der Waals surface area contributed by atoms with Crippen LogP contribution in [0.25, 0.3) is 16.9 Å². The number of benzene rings is 1. The summed E-state index contributed by atoms with van der Waals surface area (Å²) < 4.78 is 1.54. The Balaban J connectivity index is 0.000000667. The quantitative estimate of drug-likeness (QED) is 0.691. The lowest BCUT2D eigenvalue weighted by Crippen LogP contribution is -2.49. The van der Waals surface area contributed by atoms with Crippen LogP contribution in [0.15, 0.2) is 42.5 Å². The zero-order valence-corrected chi connectivity index (χ0v) is 16.2. The van der Waals surface area contributed by atoms with Crippen LogP contribution in [-0.4, -0.2) is 49.7 Å². The second-order valence-electron chi connectivity index (χ2n) is 7.22.